The minimum atomic E-state index is -0.960. The molecule has 1 aromatic heterocycles. The van der Waals surface area contributed by atoms with Crippen LogP contribution in [0.5, 0.6) is 0 Å². The summed E-state index contributed by atoms with van der Waals surface area (Å²) < 4.78 is 0. The summed E-state index contributed by atoms with van der Waals surface area (Å²) in [6.07, 6.45) is 4.79. The van der Waals surface area contributed by atoms with Gasteiger partial charge in [-0.2, -0.15) is 0 Å². The Balaban J connectivity index is 1.73. The van der Waals surface area contributed by atoms with Gasteiger partial charge in [-0.25, -0.2) is 9.78 Å². The third-order valence-electron chi connectivity index (χ3n) is 3.59. The average Bonchev–Trinajstić information content (AvgIpc) is 2.94. The first-order chi connectivity index (χ1) is 9.74. The van der Waals surface area contributed by atoms with Gasteiger partial charge in [0.05, 0.1) is 12.2 Å². The Morgan fingerprint density at radius 1 is 1.35 bits per heavy atom. The van der Waals surface area contributed by atoms with Crippen LogP contribution in [-0.4, -0.2) is 16.1 Å². The van der Waals surface area contributed by atoms with Gasteiger partial charge in [-0.05, 0) is 42.9 Å². The number of aromatic nitrogens is 1. The van der Waals surface area contributed by atoms with E-state index in [1.54, 1.807) is 5.38 Å². The summed E-state index contributed by atoms with van der Waals surface area (Å²) >= 11 is 1.17. The van der Waals surface area contributed by atoms with Gasteiger partial charge in [0, 0.05) is 11.1 Å². The van der Waals surface area contributed by atoms with Crippen molar-refractivity contribution >= 4 is 23.0 Å². The molecule has 0 radical (unpaired) electrons. The van der Waals surface area contributed by atoms with E-state index in [0.29, 0.717) is 6.54 Å². The van der Waals surface area contributed by atoms with Gasteiger partial charge in [0.2, 0.25) is 5.01 Å². The van der Waals surface area contributed by atoms with Crippen LogP contribution in [0.15, 0.2) is 23.6 Å². The number of carbonyl (C=O) groups is 1. The molecule has 0 amide bonds. The van der Waals surface area contributed by atoms with Gasteiger partial charge >= 0.3 is 5.97 Å². The Morgan fingerprint density at radius 2 is 2.20 bits per heavy atom. The van der Waals surface area contributed by atoms with Crippen molar-refractivity contribution in [1.29, 1.82) is 0 Å². The van der Waals surface area contributed by atoms with Gasteiger partial charge in [-0.3, -0.25) is 0 Å². The van der Waals surface area contributed by atoms with Crippen molar-refractivity contribution in [3.05, 3.63) is 45.4 Å². The van der Waals surface area contributed by atoms with Crippen LogP contribution in [0, 0.1) is 0 Å². The molecule has 1 heterocycles. The smallest absolute Gasteiger partial charge is 0.365 e. The first kappa shape index (κ1) is 13.1. The van der Waals surface area contributed by atoms with Crippen LogP contribution in [0.2, 0.25) is 0 Å². The minimum absolute atomic E-state index is 0.150. The number of carboxylic acids is 1. The molecule has 0 saturated carbocycles. The molecular formula is C15H16N2O2S. The predicted molar refractivity (Wildman–Crippen MR) is 79.5 cm³/mol. The van der Waals surface area contributed by atoms with Crippen LogP contribution in [0.25, 0.3) is 0 Å². The van der Waals surface area contributed by atoms with Gasteiger partial charge in [0.1, 0.15) is 0 Å². The van der Waals surface area contributed by atoms with E-state index < -0.39 is 5.97 Å². The molecule has 0 atom stereocenters. The summed E-state index contributed by atoms with van der Waals surface area (Å²) in [4.78, 5) is 14.9. The second kappa shape index (κ2) is 5.63. The number of aromatic carboxylic acids is 1. The second-order valence-corrected chi connectivity index (χ2v) is 5.81. The highest BCUT2D eigenvalue weighted by Gasteiger charge is 2.13. The number of fused-ring (bicyclic) bond motifs is 1. The lowest BCUT2D eigenvalue weighted by atomic mass is 9.90. The van der Waals surface area contributed by atoms with E-state index in [0.717, 1.165) is 24.2 Å². The van der Waals surface area contributed by atoms with E-state index >= 15 is 0 Å². The molecule has 3 rings (SSSR count). The zero-order chi connectivity index (χ0) is 13.9. The summed E-state index contributed by atoms with van der Waals surface area (Å²) in [6, 6.07) is 6.37. The van der Waals surface area contributed by atoms with Crippen molar-refractivity contribution < 1.29 is 9.90 Å². The molecular weight excluding hydrogens is 272 g/mol. The number of thiazole rings is 1. The van der Waals surface area contributed by atoms with Gasteiger partial charge in [0.25, 0.3) is 0 Å². The zero-order valence-corrected chi connectivity index (χ0v) is 11.9. The van der Waals surface area contributed by atoms with E-state index in [4.69, 9.17) is 5.11 Å². The summed E-state index contributed by atoms with van der Waals surface area (Å²) in [5.74, 6) is -0.960. The summed E-state index contributed by atoms with van der Waals surface area (Å²) in [7, 11) is 0. The van der Waals surface area contributed by atoms with Crippen LogP contribution >= 0.6 is 11.3 Å². The fourth-order valence-corrected chi connectivity index (χ4v) is 3.27. The first-order valence-corrected chi connectivity index (χ1v) is 7.64. The van der Waals surface area contributed by atoms with E-state index in [-0.39, 0.29) is 5.01 Å². The maximum atomic E-state index is 10.8. The van der Waals surface area contributed by atoms with Crippen LogP contribution in [0.4, 0.5) is 5.69 Å². The Morgan fingerprint density at radius 3 is 3.00 bits per heavy atom. The summed E-state index contributed by atoms with van der Waals surface area (Å²) in [6.45, 7) is 0.570. The van der Waals surface area contributed by atoms with Crippen LogP contribution in [-0.2, 0) is 19.4 Å². The van der Waals surface area contributed by atoms with Crippen LogP contribution < -0.4 is 5.32 Å². The largest absolute Gasteiger partial charge is 0.476 e. The molecule has 0 bridgehead atoms. The number of aryl methyl sites for hydroxylation is 1. The zero-order valence-electron chi connectivity index (χ0n) is 11.1. The monoisotopic (exact) mass is 288 g/mol. The summed E-state index contributed by atoms with van der Waals surface area (Å²) in [5.41, 5.74) is 4.78. The van der Waals surface area contributed by atoms with E-state index in [9.17, 15) is 4.79 Å². The van der Waals surface area contributed by atoms with Gasteiger partial charge in [-0.1, -0.05) is 12.1 Å². The quantitative estimate of drug-likeness (QED) is 0.906. The van der Waals surface area contributed by atoms with Crippen molar-refractivity contribution in [2.75, 3.05) is 5.32 Å². The van der Waals surface area contributed by atoms with Crippen molar-refractivity contribution in [3.8, 4) is 0 Å². The standard InChI is InChI=1S/C15H16N2O2S/c18-15(19)14-17-11(9-20-14)8-16-13-7-3-5-10-4-1-2-6-12(10)13/h3,5,7,9,16H,1-2,4,6,8H2,(H,18,19). The van der Waals surface area contributed by atoms with Crippen molar-refractivity contribution in [1.82, 2.24) is 4.98 Å². The highest BCUT2D eigenvalue weighted by molar-refractivity contribution is 7.11. The molecule has 4 nitrogen and oxygen atoms in total. The summed E-state index contributed by atoms with van der Waals surface area (Å²) in [5, 5.41) is 14.2. The fraction of sp³-hybridized carbons (Fsp3) is 0.333. The maximum Gasteiger partial charge on any atom is 0.365 e. The molecule has 0 saturated heterocycles. The minimum Gasteiger partial charge on any atom is -0.476 e. The number of hydrogen-bond donors (Lipinski definition) is 2. The number of hydrogen-bond acceptors (Lipinski definition) is 4. The van der Waals surface area contributed by atoms with Crippen LogP contribution in [0.3, 0.4) is 0 Å². The maximum absolute atomic E-state index is 10.8. The SMILES string of the molecule is O=C(O)c1nc(CNc2cccc3c2CCCC3)cs1. The number of nitrogens with one attached hydrogen (secondary N) is 1. The molecule has 2 N–H and O–H groups in total. The van der Waals surface area contributed by atoms with E-state index in [1.807, 2.05) is 0 Å². The van der Waals surface area contributed by atoms with Crippen molar-refractivity contribution in [2.45, 2.75) is 32.2 Å². The highest BCUT2D eigenvalue weighted by atomic mass is 32.1. The number of carboxylic acid groups (broad SMARTS) is 1. The lowest BCUT2D eigenvalue weighted by molar-refractivity contribution is 0.0696. The Hall–Kier alpha value is -1.88. The molecule has 0 aliphatic heterocycles. The average molecular weight is 288 g/mol. The Bertz CT molecular complexity index is 637. The third kappa shape index (κ3) is 2.67. The van der Waals surface area contributed by atoms with E-state index in [1.165, 1.54) is 35.3 Å². The third-order valence-corrected chi connectivity index (χ3v) is 4.47. The topological polar surface area (TPSA) is 62.2 Å². The fourth-order valence-electron chi connectivity index (χ4n) is 2.62. The molecule has 5 heteroatoms. The van der Waals surface area contributed by atoms with Crippen molar-refractivity contribution in [2.24, 2.45) is 0 Å². The number of benzene rings is 1. The Kier molecular flexibility index (Phi) is 3.69. The highest BCUT2D eigenvalue weighted by Crippen LogP contribution is 2.28. The first-order valence-electron chi connectivity index (χ1n) is 6.76. The van der Waals surface area contributed by atoms with E-state index in [2.05, 4.69) is 28.5 Å². The van der Waals surface area contributed by atoms with Crippen molar-refractivity contribution in [3.63, 3.8) is 0 Å². The molecule has 0 unspecified atom stereocenters. The normalized spacial score (nSPS) is 13.8. The van der Waals surface area contributed by atoms with Crippen LogP contribution in [0.1, 0.15) is 39.5 Å². The molecule has 0 fully saturated rings. The Labute approximate surface area is 121 Å². The number of rotatable bonds is 4. The molecule has 1 aromatic carbocycles. The number of nitrogens with zero attached hydrogens (tertiary/aromatic N) is 1. The molecule has 2 aromatic rings. The van der Waals surface area contributed by atoms with Gasteiger partial charge in [-0.15, -0.1) is 11.3 Å². The second-order valence-electron chi connectivity index (χ2n) is 4.95. The van der Waals surface area contributed by atoms with Gasteiger partial charge < -0.3 is 10.4 Å². The molecule has 0 spiro atoms. The molecule has 1 aliphatic carbocycles. The van der Waals surface area contributed by atoms with Gasteiger partial charge in [0.15, 0.2) is 0 Å². The molecule has 20 heavy (non-hydrogen) atoms. The molecule has 104 valence electrons. The predicted octanol–water partition coefficient (Wildman–Crippen LogP) is 3.33. The number of anilines is 1. The lowest BCUT2D eigenvalue weighted by Crippen LogP contribution is -2.08. The molecule has 1 aliphatic rings. The lowest BCUT2D eigenvalue weighted by Gasteiger charge is -2.19.